The van der Waals surface area contributed by atoms with Gasteiger partial charge in [0.25, 0.3) is 0 Å². The van der Waals surface area contributed by atoms with Crippen LogP contribution in [0, 0.1) is 11.3 Å². The number of benzene rings is 1. The van der Waals surface area contributed by atoms with Crippen molar-refractivity contribution in [3.8, 4) is 34.3 Å². The molecule has 1 aromatic carbocycles. The van der Waals surface area contributed by atoms with Crippen molar-refractivity contribution in [3.63, 3.8) is 0 Å². The molecular weight excluding hydrogens is 278 g/mol. The number of hydrogen-bond acceptors (Lipinski definition) is 5. The van der Waals surface area contributed by atoms with Gasteiger partial charge in [-0.15, -0.1) is 0 Å². The van der Waals surface area contributed by atoms with Crippen molar-refractivity contribution >= 4 is 5.82 Å². The van der Waals surface area contributed by atoms with E-state index in [1.54, 1.807) is 48.3 Å². The zero-order chi connectivity index (χ0) is 15.7. The highest BCUT2D eigenvalue weighted by Crippen LogP contribution is 2.31. The molecule has 0 aliphatic heterocycles. The van der Waals surface area contributed by atoms with Gasteiger partial charge in [-0.3, -0.25) is 4.68 Å². The number of aromatic nitrogens is 3. The van der Waals surface area contributed by atoms with E-state index < -0.39 is 0 Å². The number of nitrogens with two attached hydrogens (primary N) is 1. The molecule has 0 spiro atoms. The predicted molar refractivity (Wildman–Crippen MR) is 82.7 cm³/mol. The smallest absolute Gasteiger partial charge is 0.142 e. The Kier molecular flexibility index (Phi) is 3.24. The second-order valence-corrected chi connectivity index (χ2v) is 4.81. The monoisotopic (exact) mass is 291 g/mol. The van der Waals surface area contributed by atoms with Crippen LogP contribution < -0.4 is 5.73 Å². The maximum Gasteiger partial charge on any atom is 0.142 e. The van der Waals surface area contributed by atoms with Crippen LogP contribution in [0.1, 0.15) is 5.56 Å². The first kappa shape index (κ1) is 13.6. The van der Waals surface area contributed by atoms with E-state index in [1.807, 2.05) is 6.07 Å². The summed E-state index contributed by atoms with van der Waals surface area (Å²) in [4.78, 5) is 4.29. The minimum Gasteiger partial charge on any atom is -0.508 e. The summed E-state index contributed by atoms with van der Waals surface area (Å²) in [6, 6.07) is 12.4. The van der Waals surface area contributed by atoms with E-state index in [-0.39, 0.29) is 11.6 Å². The van der Waals surface area contributed by atoms with Gasteiger partial charge in [-0.05, 0) is 36.4 Å². The van der Waals surface area contributed by atoms with Crippen LogP contribution in [0.2, 0.25) is 0 Å². The van der Waals surface area contributed by atoms with Crippen LogP contribution in [0.3, 0.4) is 0 Å². The van der Waals surface area contributed by atoms with Gasteiger partial charge in [0.1, 0.15) is 23.2 Å². The van der Waals surface area contributed by atoms with Crippen LogP contribution >= 0.6 is 0 Å². The van der Waals surface area contributed by atoms with Gasteiger partial charge in [-0.1, -0.05) is 0 Å². The maximum atomic E-state index is 9.38. The Morgan fingerprint density at radius 1 is 1.23 bits per heavy atom. The molecule has 0 atom stereocenters. The van der Waals surface area contributed by atoms with Gasteiger partial charge in [0.15, 0.2) is 0 Å². The first-order chi connectivity index (χ1) is 10.6. The van der Waals surface area contributed by atoms with E-state index in [0.717, 1.165) is 11.3 Å². The molecule has 0 aliphatic rings. The van der Waals surface area contributed by atoms with Crippen LogP contribution in [0.5, 0.6) is 5.75 Å². The molecule has 0 unspecified atom stereocenters. The van der Waals surface area contributed by atoms with E-state index in [9.17, 15) is 10.4 Å². The first-order valence-corrected chi connectivity index (χ1v) is 6.58. The van der Waals surface area contributed by atoms with Crippen LogP contribution in [0.25, 0.3) is 22.5 Å². The normalized spacial score (nSPS) is 10.4. The van der Waals surface area contributed by atoms with Crippen LogP contribution in [-0.4, -0.2) is 19.9 Å². The van der Waals surface area contributed by atoms with Crippen LogP contribution in [0.15, 0.2) is 42.6 Å². The molecule has 6 heteroatoms. The molecule has 0 aliphatic carbocycles. The zero-order valence-corrected chi connectivity index (χ0v) is 11.9. The summed E-state index contributed by atoms with van der Waals surface area (Å²) >= 11 is 0. The van der Waals surface area contributed by atoms with Crippen LogP contribution in [0.4, 0.5) is 5.82 Å². The third-order valence-corrected chi connectivity index (χ3v) is 3.42. The molecule has 6 nitrogen and oxygen atoms in total. The number of phenolic OH excluding ortho intramolecular Hbond substituents is 1. The van der Waals surface area contributed by atoms with Gasteiger partial charge in [0.05, 0.1) is 11.4 Å². The number of nitrogen functional groups attached to an aromatic ring is 1. The minimum atomic E-state index is 0.171. The second-order valence-electron chi connectivity index (χ2n) is 4.81. The van der Waals surface area contributed by atoms with Crippen molar-refractivity contribution in [2.75, 3.05) is 5.73 Å². The predicted octanol–water partition coefficient (Wildman–Crippen LogP) is 2.31. The summed E-state index contributed by atoms with van der Waals surface area (Å²) in [6.45, 7) is 0. The molecule has 0 radical (unpaired) electrons. The second kappa shape index (κ2) is 5.22. The van der Waals surface area contributed by atoms with E-state index in [1.165, 1.54) is 0 Å². The highest BCUT2D eigenvalue weighted by molar-refractivity contribution is 5.78. The lowest BCUT2D eigenvalue weighted by Gasteiger charge is -2.10. The van der Waals surface area contributed by atoms with Crippen LogP contribution in [-0.2, 0) is 7.05 Å². The van der Waals surface area contributed by atoms with Crippen molar-refractivity contribution in [3.05, 3.63) is 48.2 Å². The molecule has 22 heavy (non-hydrogen) atoms. The number of nitriles is 1. The largest absolute Gasteiger partial charge is 0.508 e. The number of phenols is 1. The SMILES string of the molecule is Cn1nccc1-c1cc(-c2ccc(O)cc2)nc(N)c1C#N. The number of rotatable bonds is 2. The molecule has 3 aromatic rings. The van der Waals surface area contributed by atoms with Gasteiger partial charge in [0, 0.05) is 24.4 Å². The maximum absolute atomic E-state index is 9.38. The molecule has 3 rings (SSSR count). The molecule has 0 saturated carbocycles. The Labute approximate surface area is 127 Å². The Morgan fingerprint density at radius 2 is 1.95 bits per heavy atom. The molecule has 3 N–H and O–H groups in total. The van der Waals surface area contributed by atoms with Crippen molar-refractivity contribution in [2.24, 2.45) is 7.05 Å². The summed E-state index contributed by atoms with van der Waals surface area (Å²) in [7, 11) is 1.80. The summed E-state index contributed by atoms with van der Waals surface area (Å²) in [5.41, 5.74) is 9.17. The molecule has 2 heterocycles. The quantitative estimate of drug-likeness (QED) is 0.754. The molecule has 0 amide bonds. The third kappa shape index (κ3) is 2.25. The lowest BCUT2D eigenvalue weighted by molar-refractivity contribution is 0.475. The molecule has 0 bridgehead atoms. The highest BCUT2D eigenvalue weighted by atomic mass is 16.3. The average molecular weight is 291 g/mol. The molecule has 2 aromatic heterocycles. The van der Waals surface area contributed by atoms with Crippen molar-refractivity contribution in [1.82, 2.24) is 14.8 Å². The van der Waals surface area contributed by atoms with Crippen molar-refractivity contribution in [2.45, 2.75) is 0 Å². The van der Waals surface area contributed by atoms with E-state index in [2.05, 4.69) is 16.2 Å². The fraction of sp³-hybridized carbons (Fsp3) is 0.0625. The Morgan fingerprint density at radius 3 is 2.55 bits per heavy atom. The Hall–Kier alpha value is -3.33. The van der Waals surface area contributed by atoms with Crippen molar-refractivity contribution in [1.29, 1.82) is 5.26 Å². The number of aryl methyl sites for hydroxylation is 1. The topological polar surface area (TPSA) is 101 Å². The summed E-state index contributed by atoms with van der Waals surface area (Å²) in [5.74, 6) is 0.349. The van der Waals surface area contributed by atoms with Crippen molar-refractivity contribution < 1.29 is 5.11 Å². The van der Waals surface area contributed by atoms with Gasteiger partial charge < -0.3 is 10.8 Å². The van der Waals surface area contributed by atoms with Gasteiger partial charge >= 0.3 is 0 Å². The molecule has 108 valence electrons. The zero-order valence-electron chi connectivity index (χ0n) is 11.9. The number of pyridine rings is 1. The minimum absolute atomic E-state index is 0.171. The Bertz CT molecular complexity index is 875. The molecular formula is C16H13N5O. The summed E-state index contributed by atoms with van der Waals surface area (Å²) in [6.07, 6.45) is 1.66. The fourth-order valence-corrected chi connectivity index (χ4v) is 2.30. The average Bonchev–Trinajstić information content (AvgIpc) is 2.93. The molecule has 0 fully saturated rings. The van der Waals surface area contributed by atoms with E-state index in [0.29, 0.717) is 16.8 Å². The summed E-state index contributed by atoms with van der Waals surface area (Å²) in [5, 5.41) is 22.9. The van der Waals surface area contributed by atoms with Gasteiger partial charge in [0.2, 0.25) is 0 Å². The number of anilines is 1. The Balaban J connectivity index is 2.23. The lowest BCUT2D eigenvalue weighted by Crippen LogP contribution is -2.02. The standard InChI is InChI=1S/C16H13N5O/c1-21-15(6-7-19-21)12-8-14(20-16(18)13(12)9-17)10-2-4-11(22)5-3-10/h2-8,22H,1H3,(H2,18,20). The highest BCUT2D eigenvalue weighted by Gasteiger charge is 2.15. The first-order valence-electron chi connectivity index (χ1n) is 6.58. The van der Waals surface area contributed by atoms with E-state index in [4.69, 9.17) is 5.73 Å². The van der Waals surface area contributed by atoms with Gasteiger partial charge in [-0.2, -0.15) is 10.4 Å². The molecule has 0 saturated heterocycles. The number of aromatic hydroxyl groups is 1. The van der Waals surface area contributed by atoms with Gasteiger partial charge in [-0.25, -0.2) is 4.98 Å². The number of nitrogens with zero attached hydrogens (tertiary/aromatic N) is 4. The third-order valence-electron chi connectivity index (χ3n) is 3.42. The fourth-order valence-electron chi connectivity index (χ4n) is 2.30. The lowest BCUT2D eigenvalue weighted by atomic mass is 10.0. The summed E-state index contributed by atoms with van der Waals surface area (Å²) < 4.78 is 1.68. The number of hydrogen-bond donors (Lipinski definition) is 2. The van der Waals surface area contributed by atoms with E-state index >= 15 is 0 Å².